The maximum Gasteiger partial charge on any atom is 0.344 e. The monoisotopic (exact) mass is 406 g/mol. The number of carbonyl (C=O) groups is 2. The number of anilines is 1. The molecule has 0 bridgehead atoms. The molecule has 0 aliphatic rings. The predicted molar refractivity (Wildman–Crippen MR) is 103 cm³/mol. The van der Waals surface area contributed by atoms with Crippen LogP contribution in [0.1, 0.15) is 6.92 Å². The number of sulfonamides is 1. The summed E-state index contributed by atoms with van der Waals surface area (Å²) in [5.41, 5.74) is 0.274. The predicted octanol–water partition coefficient (Wildman–Crippen LogP) is 1.89. The lowest BCUT2D eigenvalue weighted by Gasteiger charge is -2.15. The molecular weight excluding hydrogens is 384 g/mol. The number of nitrogens with zero attached hydrogens (tertiary/aromatic N) is 1. The highest BCUT2D eigenvalue weighted by atomic mass is 32.2. The van der Waals surface area contributed by atoms with Crippen LogP contribution in [0.4, 0.5) is 5.69 Å². The molecule has 2 aromatic carbocycles. The van der Waals surface area contributed by atoms with Gasteiger partial charge in [-0.05, 0) is 37.3 Å². The van der Waals surface area contributed by atoms with Crippen LogP contribution in [-0.2, 0) is 24.3 Å². The van der Waals surface area contributed by atoms with Gasteiger partial charge in [0.05, 0.1) is 4.90 Å². The molecule has 0 saturated heterocycles. The highest BCUT2D eigenvalue weighted by Gasteiger charge is 2.20. The van der Waals surface area contributed by atoms with E-state index >= 15 is 0 Å². The molecule has 9 heteroatoms. The SMILES string of the molecule is C[C@H](OC(=O)COc1ccccc1)C(=O)Nc1cccc(S(=O)(=O)N(C)C)c1. The molecule has 2 aromatic rings. The quantitative estimate of drug-likeness (QED) is 0.672. The fourth-order valence-electron chi connectivity index (χ4n) is 2.13. The van der Waals surface area contributed by atoms with Gasteiger partial charge >= 0.3 is 5.97 Å². The molecule has 0 fully saturated rings. The number of hydrogen-bond acceptors (Lipinski definition) is 6. The molecular formula is C19H22N2O6S. The van der Waals surface area contributed by atoms with Crippen LogP contribution in [0.3, 0.4) is 0 Å². The third-order valence-corrected chi connectivity index (χ3v) is 5.47. The van der Waals surface area contributed by atoms with Gasteiger partial charge in [0.15, 0.2) is 12.7 Å². The third-order valence-electron chi connectivity index (χ3n) is 3.66. The van der Waals surface area contributed by atoms with Gasteiger partial charge in [0.2, 0.25) is 10.0 Å². The topological polar surface area (TPSA) is 102 Å². The molecule has 0 spiro atoms. The van der Waals surface area contributed by atoms with Crippen molar-refractivity contribution in [2.24, 2.45) is 0 Å². The molecule has 1 amide bonds. The molecule has 150 valence electrons. The highest BCUT2D eigenvalue weighted by Crippen LogP contribution is 2.18. The van der Waals surface area contributed by atoms with E-state index in [1.54, 1.807) is 30.3 Å². The Balaban J connectivity index is 1.92. The fourth-order valence-corrected chi connectivity index (χ4v) is 3.08. The first-order valence-corrected chi connectivity index (χ1v) is 9.85. The van der Waals surface area contributed by atoms with E-state index < -0.39 is 28.0 Å². The number of hydrogen-bond donors (Lipinski definition) is 1. The van der Waals surface area contributed by atoms with E-state index in [-0.39, 0.29) is 17.2 Å². The first-order valence-electron chi connectivity index (χ1n) is 8.41. The molecule has 0 unspecified atom stereocenters. The van der Waals surface area contributed by atoms with Crippen LogP contribution in [0, 0.1) is 0 Å². The molecule has 2 rings (SSSR count). The molecule has 8 nitrogen and oxygen atoms in total. The van der Waals surface area contributed by atoms with E-state index in [9.17, 15) is 18.0 Å². The van der Waals surface area contributed by atoms with E-state index in [1.807, 2.05) is 6.07 Å². The lowest BCUT2D eigenvalue weighted by atomic mass is 10.3. The Hall–Kier alpha value is -2.91. The molecule has 0 radical (unpaired) electrons. The summed E-state index contributed by atoms with van der Waals surface area (Å²) < 4.78 is 35.7. The second-order valence-corrected chi connectivity index (χ2v) is 8.19. The van der Waals surface area contributed by atoms with Crippen LogP contribution in [0.5, 0.6) is 5.75 Å². The van der Waals surface area contributed by atoms with Gasteiger partial charge in [-0.1, -0.05) is 24.3 Å². The number of amides is 1. The second-order valence-electron chi connectivity index (χ2n) is 6.04. The van der Waals surface area contributed by atoms with E-state index in [4.69, 9.17) is 9.47 Å². The molecule has 0 aliphatic heterocycles. The Labute approximate surface area is 164 Å². The van der Waals surface area contributed by atoms with Crippen molar-refractivity contribution >= 4 is 27.6 Å². The van der Waals surface area contributed by atoms with Gasteiger partial charge in [-0.2, -0.15) is 0 Å². The molecule has 28 heavy (non-hydrogen) atoms. The zero-order valence-electron chi connectivity index (χ0n) is 15.8. The van der Waals surface area contributed by atoms with Crippen LogP contribution in [0.25, 0.3) is 0 Å². The maximum absolute atomic E-state index is 12.2. The van der Waals surface area contributed by atoms with Crippen molar-refractivity contribution in [2.75, 3.05) is 26.0 Å². The number of rotatable bonds is 8. The largest absolute Gasteiger partial charge is 0.482 e. The molecule has 0 heterocycles. The average Bonchev–Trinajstić information content (AvgIpc) is 2.67. The van der Waals surface area contributed by atoms with Crippen LogP contribution >= 0.6 is 0 Å². The lowest BCUT2D eigenvalue weighted by Crippen LogP contribution is -2.31. The van der Waals surface area contributed by atoms with E-state index in [0.29, 0.717) is 5.75 Å². The van der Waals surface area contributed by atoms with Gasteiger partial charge in [0.1, 0.15) is 5.75 Å². The van der Waals surface area contributed by atoms with Crippen LogP contribution in [0.2, 0.25) is 0 Å². The molecule has 1 N–H and O–H groups in total. The first-order chi connectivity index (χ1) is 13.2. The van der Waals surface area contributed by atoms with Crippen molar-refractivity contribution in [3.05, 3.63) is 54.6 Å². The Bertz CT molecular complexity index is 928. The van der Waals surface area contributed by atoms with Gasteiger partial charge in [-0.25, -0.2) is 17.5 Å². The third kappa shape index (κ3) is 5.80. The first kappa shape index (κ1) is 21.4. The summed E-state index contributed by atoms with van der Waals surface area (Å²) in [5.74, 6) is -0.779. The summed E-state index contributed by atoms with van der Waals surface area (Å²) in [6.45, 7) is 1.08. The fraction of sp³-hybridized carbons (Fsp3) is 0.263. The van der Waals surface area contributed by atoms with Gasteiger partial charge < -0.3 is 14.8 Å². The summed E-state index contributed by atoms with van der Waals surface area (Å²) in [7, 11) is -0.795. The van der Waals surface area contributed by atoms with Gasteiger partial charge in [0, 0.05) is 19.8 Å². The van der Waals surface area contributed by atoms with E-state index in [2.05, 4.69) is 5.32 Å². The van der Waals surface area contributed by atoms with Crippen molar-refractivity contribution < 1.29 is 27.5 Å². The Morgan fingerprint density at radius 1 is 1.07 bits per heavy atom. The molecule has 0 aromatic heterocycles. The zero-order chi connectivity index (χ0) is 20.7. The van der Waals surface area contributed by atoms with Gasteiger partial charge in [0.25, 0.3) is 5.91 Å². The number of benzene rings is 2. The van der Waals surface area contributed by atoms with Crippen molar-refractivity contribution in [3.63, 3.8) is 0 Å². The number of esters is 1. The minimum Gasteiger partial charge on any atom is -0.482 e. The standard InChI is InChI=1S/C19H22N2O6S/c1-14(27-18(22)13-26-16-9-5-4-6-10-16)19(23)20-15-8-7-11-17(12-15)28(24,25)21(2)3/h4-12,14H,13H2,1-3H3,(H,20,23)/t14-/m0/s1. The normalized spacial score (nSPS) is 12.3. The second kappa shape index (κ2) is 9.34. The smallest absolute Gasteiger partial charge is 0.344 e. The molecule has 1 atom stereocenters. The summed E-state index contributed by atoms with van der Waals surface area (Å²) in [5, 5.41) is 2.53. The summed E-state index contributed by atoms with van der Waals surface area (Å²) >= 11 is 0. The minimum atomic E-state index is -3.63. The summed E-state index contributed by atoms with van der Waals surface area (Å²) in [6.07, 6.45) is -1.08. The number of nitrogens with one attached hydrogen (secondary N) is 1. The summed E-state index contributed by atoms with van der Waals surface area (Å²) in [6, 6.07) is 14.5. The maximum atomic E-state index is 12.2. The van der Waals surface area contributed by atoms with Gasteiger partial charge in [-0.15, -0.1) is 0 Å². The highest BCUT2D eigenvalue weighted by molar-refractivity contribution is 7.89. The Morgan fingerprint density at radius 3 is 2.39 bits per heavy atom. The zero-order valence-corrected chi connectivity index (χ0v) is 16.6. The van der Waals surface area contributed by atoms with Crippen LogP contribution in [-0.4, -0.2) is 51.4 Å². The molecule has 0 saturated carbocycles. The lowest BCUT2D eigenvalue weighted by molar-refractivity contribution is -0.155. The average molecular weight is 406 g/mol. The molecule has 0 aliphatic carbocycles. The van der Waals surface area contributed by atoms with E-state index in [0.717, 1.165) is 4.31 Å². The number of ether oxygens (including phenoxy) is 2. The van der Waals surface area contributed by atoms with Crippen molar-refractivity contribution in [3.8, 4) is 5.75 Å². The Morgan fingerprint density at radius 2 is 1.75 bits per heavy atom. The minimum absolute atomic E-state index is 0.0382. The van der Waals surface area contributed by atoms with Crippen LogP contribution < -0.4 is 10.1 Å². The van der Waals surface area contributed by atoms with Crippen molar-refractivity contribution in [2.45, 2.75) is 17.9 Å². The number of para-hydroxylation sites is 1. The van der Waals surface area contributed by atoms with Crippen molar-refractivity contribution in [1.82, 2.24) is 4.31 Å². The van der Waals surface area contributed by atoms with Crippen LogP contribution in [0.15, 0.2) is 59.5 Å². The van der Waals surface area contributed by atoms with Crippen molar-refractivity contribution in [1.29, 1.82) is 0 Å². The number of carbonyl (C=O) groups excluding carboxylic acids is 2. The van der Waals surface area contributed by atoms with E-state index in [1.165, 1.54) is 39.2 Å². The summed E-state index contributed by atoms with van der Waals surface area (Å²) in [4.78, 5) is 24.1. The van der Waals surface area contributed by atoms with Gasteiger partial charge in [-0.3, -0.25) is 4.79 Å². The Kier molecular flexibility index (Phi) is 7.13.